The largest absolute Gasteiger partial charge is 0.478 e. The van der Waals surface area contributed by atoms with Crippen LogP contribution in [0.25, 0.3) is 0 Å². The molecule has 0 radical (unpaired) electrons. The van der Waals surface area contributed by atoms with Crippen LogP contribution in [-0.4, -0.2) is 52.6 Å². The first-order chi connectivity index (χ1) is 10.8. The number of urea groups is 1. The zero-order valence-electron chi connectivity index (χ0n) is 13.4. The Morgan fingerprint density at radius 3 is 2.52 bits per heavy atom. The molecule has 0 saturated heterocycles. The lowest BCUT2D eigenvalue weighted by Crippen LogP contribution is -2.50. The minimum atomic E-state index is -1.01. The van der Waals surface area contributed by atoms with Gasteiger partial charge in [0.15, 0.2) is 0 Å². The number of nitrogens with zero attached hydrogens (tertiary/aromatic N) is 2. The van der Waals surface area contributed by atoms with Crippen LogP contribution >= 0.6 is 12.2 Å². The van der Waals surface area contributed by atoms with E-state index >= 15 is 0 Å². The number of rotatable bonds is 5. The van der Waals surface area contributed by atoms with Crippen molar-refractivity contribution in [3.63, 3.8) is 0 Å². The molecule has 1 atom stereocenters. The highest BCUT2D eigenvalue weighted by atomic mass is 32.1. The molecule has 1 unspecified atom stereocenters. The first-order valence-corrected chi connectivity index (χ1v) is 7.42. The van der Waals surface area contributed by atoms with Crippen LogP contribution in [0.5, 0.6) is 0 Å². The van der Waals surface area contributed by atoms with Crippen molar-refractivity contribution < 1.29 is 14.7 Å². The normalized spacial score (nSPS) is 11.3. The second-order valence-electron chi connectivity index (χ2n) is 5.17. The van der Waals surface area contributed by atoms with Gasteiger partial charge in [-0.1, -0.05) is 43.4 Å². The lowest BCUT2D eigenvalue weighted by molar-refractivity contribution is 0.0695. The molecular weight excluding hydrogens is 314 g/mol. The fourth-order valence-electron chi connectivity index (χ4n) is 1.98. The Morgan fingerprint density at radius 1 is 1.39 bits per heavy atom. The molecule has 0 aliphatic carbocycles. The molecule has 23 heavy (non-hydrogen) atoms. The molecule has 1 aromatic rings. The Balaban J connectivity index is 2.98. The summed E-state index contributed by atoms with van der Waals surface area (Å²) in [6.07, 6.45) is 1.58. The Bertz CT molecular complexity index is 616. The molecule has 0 aromatic heterocycles. The van der Waals surface area contributed by atoms with E-state index in [1.165, 1.54) is 16.0 Å². The van der Waals surface area contributed by atoms with Crippen LogP contribution in [0.15, 0.2) is 36.9 Å². The van der Waals surface area contributed by atoms with Crippen LogP contribution in [0.1, 0.15) is 28.8 Å². The summed E-state index contributed by atoms with van der Waals surface area (Å²) in [7, 11) is 3.26. The lowest BCUT2D eigenvalue weighted by atomic mass is 9.95. The molecule has 1 aromatic carbocycles. The molecule has 0 aliphatic rings. The predicted molar refractivity (Wildman–Crippen MR) is 93.5 cm³/mol. The molecule has 0 aliphatic heterocycles. The zero-order valence-corrected chi connectivity index (χ0v) is 14.3. The SMILES string of the molecule is C=CCN(NC(=S)C(C)c1ccccc1C(=O)O)C(=O)N(C)C. The van der Waals surface area contributed by atoms with Gasteiger partial charge in [0, 0.05) is 20.0 Å². The Kier molecular flexibility index (Phi) is 6.71. The van der Waals surface area contributed by atoms with Crippen molar-refractivity contribution in [2.45, 2.75) is 12.8 Å². The fourth-order valence-corrected chi connectivity index (χ4v) is 2.22. The summed E-state index contributed by atoms with van der Waals surface area (Å²) >= 11 is 5.35. The number of nitrogens with one attached hydrogen (secondary N) is 1. The van der Waals surface area contributed by atoms with Crippen molar-refractivity contribution in [3.8, 4) is 0 Å². The third kappa shape index (κ3) is 4.79. The number of hydrogen-bond acceptors (Lipinski definition) is 3. The van der Waals surface area contributed by atoms with Crippen molar-refractivity contribution in [1.82, 2.24) is 15.3 Å². The molecule has 7 heteroatoms. The Labute approximate surface area is 141 Å². The maximum atomic E-state index is 12.1. The van der Waals surface area contributed by atoms with Crippen LogP contribution in [0.4, 0.5) is 4.79 Å². The number of carbonyl (C=O) groups excluding carboxylic acids is 1. The van der Waals surface area contributed by atoms with Gasteiger partial charge in [0.05, 0.1) is 12.1 Å². The van der Waals surface area contributed by atoms with E-state index in [9.17, 15) is 14.7 Å². The molecule has 0 bridgehead atoms. The van der Waals surface area contributed by atoms with Crippen LogP contribution in [0, 0.1) is 0 Å². The van der Waals surface area contributed by atoms with E-state index in [0.29, 0.717) is 10.6 Å². The highest BCUT2D eigenvalue weighted by Crippen LogP contribution is 2.21. The summed E-state index contributed by atoms with van der Waals surface area (Å²) in [6.45, 7) is 5.68. The van der Waals surface area contributed by atoms with Crippen LogP contribution in [0.3, 0.4) is 0 Å². The standard InChI is InChI=1S/C16H21N3O3S/c1-5-10-19(16(22)18(3)4)17-14(23)11(2)12-8-6-7-9-13(12)15(20)21/h5-9,11H,1,10H2,2-4H3,(H,17,23)(H,20,21). The third-order valence-electron chi connectivity index (χ3n) is 3.22. The second-order valence-corrected chi connectivity index (χ2v) is 5.61. The molecule has 0 heterocycles. The molecule has 2 N–H and O–H groups in total. The minimum Gasteiger partial charge on any atom is -0.478 e. The number of thiocarbonyl (C=S) groups is 1. The van der Waals surface area contributed by atoms with Gasteiger partial charge in [0.1, 0.15) is 4.99 Å². The number of carboxylic acids is 1. The van der Waals surface area contributed by atoms with E-state index < -0.39 is 5.97 Å². The fraction of sp³-hybridized carbons (Fsp3) is 0.312. The first kappa shape index (κ1) is 18.6. The van der Waals surface area contributed by atoms with Gasteiger partial charge in [0.25, 0.3) is 0 Å². The van der Waals surface area contributed by atoms with Gasteiger partial charge < -0.3 is 10.0 Å². The summed E-state index contributed by atoms with van der Waals surface area (Å²) in [4.78, 5) is 25.2. The van der Waals surface area contributed by atoms with Gasteiger partial charge in [-0.25, -0.2) is 14.6 Å². The van der Waals surface area contributed by atoms with E-state index in [0.717, 1.165) is 0 Å². The average molecular weight is 335 g/mol. The van der Waals surface area contributed by atoms with Crippen LogP contribution in [0.2, 0.25) is 0 Å². The van der Waals surface area contributed by atoms with Gasteiger partial charge in [-0.3, -0.25) is 5.43 Å². The maximum absolute atomic E-state index is 12.1. The molecule has 6 nitrogen and oxygen atoms in total. The summed E-state index contributed by atoms with van der Waals surface area (Å²) in [5.41, 5.74) is 3.66. The smallest absolute Gasteiger partial charge is 0.338 e. The van der Waals surface area contributed by atoms with Crippen molar-refractivity contribution in [2.24, 2.45) is 0 Å². The number of benzene rings is 1. The van der Waals surface area contributed by atoms with Gasteiger partial charge in [-0.05, 0) is 11.6 Å². The summed E-state index contributed by atoms with van der Waals surface area (Å²) in [5.74, 6) is -1.37. The monoisotopic (exact) mass is 335 g/mol. The van der Waals surface area contributed by atoms with E-state index in [1.807, 2.05) is 0 Å². The average Bonchev–Trinajstić information content (AvgIpc) is 2.52. The van der Waals surface area contributed by atoms with Crippen molar-refractivity contribution in [3.05, 3.63) is 48.0 Å². The number of hydrogen-bond donors (Lipinski definition) is 2. The molecule has 1 rings (SSSR count). The number of carboxylic acid groups (broad SMARTS) is 1. The third-order valence-corrected chi connectivity index (χ3v) is 3.67. The van der Waals surface area contributed by atoms with Crippen molar-refractivity contribution in [1.29, 1.82) is 0 Å². The number of hydrazine groups is 1. The van der Waals surface area contributed by atoms with Gasteiger partial charge in [-0.15, -0.1) is 6.58 Å². The zero-order chi connectivity index (χ0) is 17.6. The van der Waals surface area contributed by atoms with E-state index in [1.54, 1.807) is 45.3 Å². The summed E-state index contributed by atoms with van der Waals surface area (Å²) in [5, 5.41) is 10.6. The highest BCUT2D eigenvalue weighted by molar-refractivity contribution is 7.80. The van der Waals surface area contributed by atoms with Crippen LogP contribution < -0.4 is 5.43 Å². The minimum absolute atomic E-state index is 0.193. The van der Waals surface area contributed by atoms with E-state index in [2.05, 4.69) is 12.0 Å². The molecular formula is C16H21N3O3S. The summed E-state index contributed by atoms with van der Waals surface area (Å²) < 4.78 is 0. The van der Waals surface area contributed by atoms with Gasteiger partial charge in [-0.2, -0.15) is 0 Å². The van der Waals surface area contributed by atoms with Crippen LogP contribution in [-0.2, 0) is 0 Å². The molecule has 0 saturated carbocycles. The number of amides is 2. The van der Waals surface area contributed by atoms with Crippen molar-refractivity contribution >= 4 is 29.2 Å². The quantitative estimate of drug-likeness (QED) is 0.491. The molecule has 124 valence electrons. The molecule has 0 fully saturated rings. The first-order valence-electron chi connectivity index (χ1n) is 7.02. The number of carbonyl (C=O) groups is 2. The maximum Gasteiger partial charge on any atom is 0.338 e. The predicted octanol–water partition coefficient (Wildman–Crippen LogP) is 2.49. The van der Waals surface area contributed by atoms with E-state index in [-0.39, 0.29) is 24.1 Å². The second kappa shape index (κ2) is 8.28. The topological polar surface area (TPSA) is 72.9 Å². The highest BCUT2D eigenvalue weighted by Gasteiger charge is 2.22. The number of aromatic carboxylic acids is 1. The van der Waals surface area contributed by atoms with Gasteiger partial charge >= 0.3 is 12.0 Å². The van der Waals surface area contributed by atoms with Gasteiger partial charge in [0.2, 0.25) is 0 Å². The molecule has 0 spiro atoms. The van der Waals surface area contributed by atoms with Crippen molar-refractivity contribution in [2.75, 3.05) is 20.6 Å². The lowest BCUT2D eigenvalue weighted by Gasteiger charge is -2.28. The Morgan fingerprint density at radius 2 is 2.00 bits per heavy atom. The molecule has 2 amide bonds. The van der Waals surface area contributed by atoms with E-state index in [4.69, 9.17) is 12.2 Å². The summed E-state index contributed by atoms with van der Waals surface area (Å²) in [6, 6.07) is 6.39. The Hall–Kier alpha value is -2.41.